The van der Waals surface area contributed by atoms with Gasteiger partial charge in [-0.05, 0) is 31.2 Å². The number of amides is 4. The molecule has 0 radical (unpaired) electrons. The first kappa shape index (κ1) is 19.9. The predicted molar refractivity (Wildman–Crippen MR) is 114 cm³/mol. The van der Waals surface area contributed by atoms with Crippen LogP contribution in [0.4, 0.5) is 10.5 Å². The van der Waals surface area contributed by atoms with Crippen LogP contribution in [0.1, 0.15) is 12.5 Å². The summed E-state index contributed by atoms with van der Waals surface area (Å²) in [5, 5.41) is 12.1. The fourth-order valence-electron chi connectivity index (χ4n) is 3.52. The molecule has 4 rings (SSSR count). The van der Waals surface area contributed by atoms with Crippen LogP contribution in [0.5, 0.6) is 5.75 Å². The Bertz CT molecular complexity index is 1280. The lowest BCUT2D eigenvalue weighted by molar-refractivity contribution is -0.122. The van der Waals surface area contributed by atoms with Crippen molar-refractivity contribution in [1.29, 1.82) is 5.26 Å². The van der Waals surface area contributed by atoms with Crippen molar-refractivity contribution >= 4 is 40.5 Å². The number of hydrogen-bond acceptors (Lipinski definition) is 5. The molecule has 1 aromatic heterocycles. The van der Waals surface area contributed by atoms with Crippen LogP contribution in [0.25, 0.3) is 17.0 Å². The smallest absolute Gasteiger partial charge is 0.335 e. The Kier molecular flexibility index (Phi) is 5.24. The summed E-state index contributed by atoms with van der Waals surface area (Å²) in [4.78, 5) is 39.0. The topological polar surface area (TPSA) is 104 Å². The Hall–Kier alpha value is -4.38. The summed E-state index contributed by atoms with van der Waals surface area (Å²) < 4.78 is 7.18. The molecule has 1 fully saturated rings. The van der Waals surface area contributed by atoms with E-state index in [9.17, 15) is 14.4 Å². The lowest BCUT2D eigenvalue weighted by atomic mass is 10.1. The van der Waals surface area contributed by atoms with Gasteiger partial charge in [0.2, 0.25) is 0 Å². The molecule has 1 aliphatic heterocycles. The number of carbonyl (C=O) groups excluding carboxylic acids is 3. The molecule has 8 nitrogen and oxygen atoms in total. The molecule has 0 spiro atoms. The number of nitriles is 1. The lowest BCUT2D eigenvalue weighted by Gasteiger charge is -2.26. The minimum Gasteiger partial charge on any atom is -0.494 e. The number of aromatic nitrogens is 1. The molecule has 8 heteroatoms. The molecule has 0 atom stereocenters. The number of ether oxygens (including phenoxy) is 1. The first-order valence-electron chi connectivity index (χ1n) is 9.62. The van der Waals surface area contributed by atoms with Gasteiger partial charge in [0.05, 0.1) is 18.4 Å². The summed E-state index contributed by atoms with van der Waals surface area (Å²) >= 11 is 0. The fraction of sp³-hybridized carbons (Fsp3) is 0.130. The average Bonchev–Trinajstić information content (AvgIpc) is 3.09. The summed E-state index contributed by atoms with van der Waals surface area (Å²) in [7, 11) is 0. The number of imide groups is 2. The van der Waals surface area contributed by atoms with E-state index in [-0.39, 0.29) is 12.1 Å². The minimum absolute atomic E-state index is 0.124. The Balaban J connectivity index is 1.78. The molecule has 0 saturated carbocycles. The average molecular weight is 414 g/mol. The van der Waals surface area contributed by atoms with Gasteiger partial charge in [0, 0.05) is 28.7 Å². The van der Waals surface area contributed by atoms with Crippen LogP contribution in [-0.2, 0) is 16.1 Å². The molecule has 31 heavy (non-hydrogen) atoms. The Morgan fingerprint density at radius 1 is 1.13 bits per heavy atom. The maximum Gasteiger partial charge on any atom is 0.335 e. The van der Waals surface area contributed by atoms with E-state index in [1.807, 2.05) is 31.2 Å². The van der Waals surface area contributed by atoms with Crippen molar-refractivity contribution in [3.05, 3.63) is 65.9 Å². The second-order valence-corrected chi connectivity index (χ2v) is 6.78. The van der Waals surface area contributed by atoms with Crippen LogP contribution in [0.15, 0.2) is 60.3 Å². The molecule has 0 aliphatic carbocycles. The number of anilines is 1. The van der Waals surface area contributed by atoms with Crippen molar-refractivity contribution in [2.24, 2.45) is 0 Å². The van der Waals surface area contributed by atoms with E-state index in [4.69, 9.17) is 10.00 Å². The Morgan fingerprint density at radius 2 is 1.94 bits per heavy atom. The number of carbonyl (C=O) groups is 3. The predicted octanol–water partition coefficient (Wildman–Crippen LogP) is 3.23. The van der Waals surface area contributed by atoms with Gasteiger partial charge in [-0.25, -0.2) is 9.69 Å². The molecule has 1 N–H and O–H groups in total. The molecular weight excluding hydrogens is 396 g/mol. The number of para-hydroxylation sites is 1. The number of hydrogen-bond donors (Lipinski definition) is 1. The molecule has 154 valence electrons. The van der Waals surface area contributed by atoms with E-state index in [0.29, 0.717) is 23.6 Å². The second-order valence-electron chi connectivity index (χ2n) is 6.78. The van der Waals surface area contributed by atoms with Crippen molar-refractivity contribution in [1.82, 2.24) is 9.88 Å². The molecule has 0 unspecified atom stereocenters. The summed E-state index contributed by atoms with van der Waals surface area (Å²) in [6.45, 7) is 2.38. The molecule has 1 aliphatic rings. The van der Waals surface area contributed by atoms with Gasteiger partial charge in [0.25, 0.3) is 11.8 Å². The van der Waals surface area contributed by atoms with Gasteiger partial charge in [-0.3, -0.25) is 14.9 Å². The van der Waals surface area contributed by atoms with Crippen molar-refractivity contribution in [3.8, 4) is 11.8 Å². The maximum atomic E-state index is 13.2. The minimum atomic E-state index is -0.826. The van der Waals surface area contributed by atoms with E-state index in [1.165, 1.54) is 6.08 Å². The molecule has 1 saturated heterocycles. The largest absolute Gasteiger partial charge is 0.494 e. The SMILES string of the molecule is CCOc1cccc(N2C(=O)NC(=O)/C(=C\c3cn(CC#N)c4ccccc34)C2=O)c1. The van der Waals surface area contributed by atoms with E-state index in [0.717, 1.165) is 15.8 Å². The highest BCUT2D eigenvalue weighted by molar-refractivity contribution is 6.39. The van der Waals surface area contributed by atoms with Gasteiger partial charge in [-0.15, -0.1) is 0 Å². The van der Waals surface area contributed by atoms with E-state index in [2.05, 4.69) is 11.4 Å². The zero-order valence-electron chi connectivity index (χ0n) is 16.7. The van der Waals surface area contributed by atoms with E-state index >= 15 is 0 Å². The third kappa shape index (κ3) is 3.65. The van der Waals surface area contributed by atoms with Gasteiger partial charge in [-0.2, -0.15) is 5.26 Å². The summed E-state index contributed by atoms with van der Waals surface area (Å²) in [5.41, 5.74) is 1.51. The molecule has 4 amide bonds. The Labute approximate surface area is 177 Å². The highest BCUT2D eigenvalue weighted by atomic mass is 16.5. The van der Waals surface area contributed by atoms with Crippen molar-refractivity contribution in [3.63, 3.8) is 0 Å². The number of rotatable bonds is 5. The molecule has 2 aromatic carbocycles. The van der Waals surface area contributed by atoms with Crippen LogP contribution < -0.4 is 15.0 Å². The summed E-state index contributed by atoms with van der Waals surface area (Å²) in [6.07, 6.45) is 3.15. The van der Waals surface area contributed by atoms with E-state index < -0.39 is 17.8 Å². The first-order chi connectivity index (χ1) is 15.0. The van der Waals surface area contributed by atoms with Crippen LogP contribution in [-0.4, -0.2) is 29.0 Å². The number of urea groups is 1. The van der Waals surface area contributed by atoms with Crippen LogP contribution >= 0.6 is 0 Å². The van der Waals surface area contributed by atoms with Crippen LogP contribution in [0.2, 0.25) is 0 Å². The maximum absolute atomic E-state index is 13.2. The number of benzene rings is 2. The van der Waals surface area contributed by atoms with Crippen LogP contribution in [0, 0.1) is 11.3 Å². The van der Waals surface area contributed by atoms with Gasteiger partial charge < -0.3 is 9.30 Å². The fourth-order valence-corrected chi connectivity index (χ4v) is 3.52. The van der Waals surface area contributed by atoms with Gasteiger partial charge >= 0.3 is 6.03 Å². The summed E-state index contributed by atoms with van der Waals surface area (Å²) in [6, 6.07) is 15.2. The number of nitrogens with zero attached hydrogens (tertiary/aromatic N) is 3. The van der Waals surface area contributed by atoms with Gasteiger partial charge in [0.15, 0.2) is 0 Å². The lowest BCUT2D eigenvalue weighted by Crippen LogP contribution is -2.54. The standard InChI is InChI=1S/C23H18N4O4/c1-2-31-17-7-5-6-16(13-17)27-22(29)19(21(28)25-23(27)30)12-15-14-26(11-10-24)20-9-4-3-8-18(15)20/h3-9,12-14H,2,11H2,1H3,(H,25,28,30)/b19-12+. The van der Waals surface area contributed by atoms with Crippen molar-refractivity contribution < 1.29 is 19.1 Å². The zero-order chi connectivity index (χ0) is 22.0. The van der Waals surface area contributed by atoms with Gasteiger partial charge in [0.1, 0.15) is 17.9 Å². The highest BCUT2D eigenvalue weighted by Crippen LogP contribution is 2.28. The molecule has 0 bridgehead atoms. The van der Waals surface area contributed by atoms with E-state index in [1.54, 1.807) is 35.0 Å². The quantitative estimate of drug-likeness (QED) is 0.510. The van der Waals surface area contributed by atoms with Crippen molar-refractivity contribution in [2.75, 3.05) is 11.5 Å². The molecule has 3 aromatic rings. The monoisotopic (exact) mass is 414 g/mol. The zero-order valence-corrected chi connectivity index (χ0v) is 16.7. The molecular formula is C23H18N4O4. The normalized spacial score (nSPS) is 15.3. The molecule has 2 heterocycles. The van der Waals surface area contributed by atoms with Crippen molar-refractivity contribution in [2.45, 2.75) is 13.5 Å². The third-order valence-corrected chi connectivity index (χ3v) is 4.85. The second kappa shape index (κ2) is 8.16. The number of fused-ring (bicyclic) bond motifs is 1. The third-order valence-electron chi connectivity index (χ3n) is 4.85. The summed E-state index contributed by atoms with van der Waals surface area (Å²) in [5.74, 6) is -1.01. The Morgan fingerprint density at radius 3 is 2.71 bits per heavy atom. The highest BCUT2D eigenvalue weighted by Gasteiger charge is 2.37. The van der Waals surface area contributed by atoms with Gasteiger partial charge in [-0.1, -0.05) is 24.3 Å². The first-order valence-corrected chi connectivity index (χ1v) is 9.62. The van der Waals surface area contributed by atoms with Crippen LogP contribution in [0.3, 0.4) is 0 Å². The number of nitrogens with one attached hydrogen (secondary N) is 1. The number of barbiturate groups is 1.